The predicted molar refractivity (Wildman–Crippen MR) is 112 cm³/mol. The van der Waals surface area contributed by atoms with Crippen LogP contribution in [0.1, 0.15) is 24.5 Å². The molecule has 3 aromatic rings. The van der Waals surface area contributed by atoms with Gasteiger partial charge in [-0.05, 0) is 35.7 Å². The zero-order valence-corrected chi connectivity index (χ0v) is 18.7. The second kappa shape index (κ2) is 10.7. The Morgan fingerprint density at radius 3 is 1.86 bits per heavy atom. The summed E-state index contributed by atoms with van der Waals surface area (Å²) in [5.74, 6) is -10.6. The van der Waals surface area contributed by atoms with Crippen molar-refractivity contribution in [2.75, 3.05) is 0 Å². The number of allylic oxidation sites excluding steroid dienone is 1. The van der Waals surface area contributed by atoms with Crippen molar-refractivity contribution in [3.8, 4) is 22.6 Å². The molecule has 3 rings (SSSR count). The minimum Gasteiger partial charge on any atom is -0.459 e. The van der Waals surface area contributed by atoms with E-state index in [-0.39, 0.29) is 29.5 Å². The topological polar surface area (TPSA) is 18.5 Å². The Morgan fingerprint density at radius 1 is 0.757 bits per heavy atom. The SMILES string of the molecule is CCCc1ccc(-c2cc(F)c(C(F)(F)Oc3cc(F)c(O/C=C/C(F)(F)F)c(F)c3)c(F)c2)c(F)c1. The van der Waals surface area contributed by atoms with Gasteiger partial charge in [0.05, 0.1) is 12.3 Å². The third-order valence-corrected chi connectivity index (χ3v) is 4.88. The molecular formula is C25H16F10O2. The molecule has 0 unspecified atom stereocenters. The fourth-order valence-electron chi connectivity index (χ4n) is 3.33. The Balaban J connectivity index is 1.89. The van der Waals surface area contributed by atoms with Crippen molar-refractivity contribution in [3.63, 3.8) is 0 Å². The van der Waals surface area contributed by atoms with Crippen LogP contribution in [0.5, 0.6) is 11.5 Å². The minimum absolute atomic E-state index is 0.0802. The van der Waals surface area contributed by atoms with Gasteiger partial charge < -0.3 is 9.47 Å². The van der Waals surface area contributed by atoms with Gasteiger partial charge in [0.1, 0.15) is 28.8 Å². The summed E-state index contributed by atoms with van der Waals surface area (Å²) in [6.07, 6.45) is -8.97. The zero-order valence-electron chi connectivity index (χ0n) is 18.7. The lowest BCUT2D eigenvalue weighted by Crippen LogP contribution is -2.25. The van der Waals surface area contributed by atoms with E-state index in [1.54, 1.807) is 0 Å². The average Bonchev–Trinajstić information content (AvgIpc) is 2.74. The van der Waals surface area contributed by atoms with Gasteiger partial charge >= 0.3 is 12.3 Å². The van der Waals surface area contributed by atoms with E-state index >= 15 is 0 Å². The van der Waals surface area contributed by atoms with Crippen LogP contribution >= 0.6 is 0 Å². The van der Waals surface area contributed by atoms with E-state index in [1.165, 1.54) is 12.1 Å². The van der Waals surface area contributed by atoms with Gasteiger partial charge in [-0.3, -0.25) is 0 Å². The molecule has 0 saturated carbocycles. The van der Waals surface area contributed by atoms with E-state index < -0.39 is 64.5 Å². The Bertz CT molecular complexity index is 1270. The zero-order chi connectivity index (χ0) is 27.5. The number of rotatable bonds is 8. The summed E-state index contributed by atoms with van der Waals surface area (Å²) in [6.45, 7) is 1.86. The Kier molecular flexibility index (Phi) is 8.09. The van der Waals surface area contributed by atoms with E-state index in [0.717, 1.165) is 6.07 Å². The summed E-state index contributed by atoms with van der Waals surface area (Å²) in [5, 5.41) is 0. The van der Waals surface area contributed by atoms with E-state index in [2.05, 4.69) is 9.47 Å². The van der Waals surface area contributed by atoms with Crippen LogP contribution < -0.4 is 9.47 Å². The molecular weight excluding hydrogens is 522 g/mol. The molecule has 0 atom stereocenters. The van der Waals surface area contributed by atoms with Crippen molar-refractivity contribution >= 4 is 0 Å². The molecule has 0 amide bonds. The molecule has 12 heteroatoms. The number of hydrogen-bond donors (Lipinski definition) is 0. The second-order valence-corrected chi connectivity index (χ2v) is 7.68. The van der Waals surface area contributed by atoms with Crippen LogP contribution in [0.25, 0.3) is 11.1 Å². The van der Waals surface area contributed by atoms with Gasteiger partial charge in [-0.15, -0.1) is 0 Å². The maximum atomic E-state index is 14.6. The predicted octanol–water partition coefficient (Wildman–Crippen LogP) is 8.58. The summed E-state index contributed by atoms with van der Waals surface area (Å²) in [6, 6.07) is 5.02. The van der Waals surface area contributed by atoms with Gasteiger partial charge in [0.25, 0.3) is 0 Å². The molecule has 0 radical (unpaired) electrons. The van der Waals surface area contributed by atoms with Crippen LogP contribution in [0.2, 0.25) is 0 Å². The molecule has 0 saturated heterocycles. The molecule has 37 heavy (non-hydrogen) atoms. The monoisotopic (exact) mass is 538 g/mol. The number of halogens is 10. The lowest BCUT2D eigenvalue weighted by atomic mass is 9.99. The maximum Gasteiger partial charge on any atom is 0.432 e. The molecule has 0 aliphatic heterocycles. The molecule has 0 heterocycles. The third-order valence-electron chi connectivity index (χ3n) is 4.88. The Labute approximate surface area is 203 Å². The molecule has 0 N–H and O–H groups in total. The second-order valence-electron chi connectivity index (χ2n) is 7.68. The third kappa shape index (κ3) is 6.75. The lowest BCUT2D eigenvalue weighted by molar-refractivity contribution is -0.189. The van der Waals surface area contributed by atoms with Crippen LogP contribution in [0.4, 0.5) is 43.9 Å². The van der Waals surface area contributed by atoms with Crippen molar-refractivity contribution in [1.82, 2.24) is 0 Å². The minimum atomic E-state index is -4.86. The average molecular weight is 538 g/mol. The summed E-state index contributed by atoms with van der Waals surface area (Å²) in [5.41, 5.74) is -1.95. The van der Waals surface area contributed by atoms with E-state index in [4.69, 9.17) is 0 Å². The number of alkyl halides is 5. The Hall–Kier alpha value is -3.70. The maximum absolute atomic E-state index is 14.6. The van der Waals surface area contributed by atoms with Crippen LogP contribution in [-0.4, -0.2) is 6.18 Å². The first kappa shape index (κ1) is 27.9. The van der Waals surface area contributed by atoms with Crippen LogP contribution in [0, 0.1) is 29.1 Å². The van der Waals surface area contributed by atoms with E-state index in [1.807, 2.05) is 6.92 Å². The first-order chi connectivity index (χ1) is 17.2. The smallest absolute Gasteiger partial charge is 0.432 e. The highest BCUT2D eigenvalue weighted by atomic mass is 19.4. The summed E-state index contributed by atoms with van der Waals surface area (Å²) in [7, 11) is 0. The van der Waals surface area contributed by atoms with Gasteiger partial charge in [-0.25, -0.2) is 22.0 Å². The number of ether oxygens (including phenoxy) is 2. The summed E-state index contributed by atoms with van der Waals surface area (Å²) in [4.78, 5) is 0. The molecule has 0 bridgehead atoms. The Morgan fingerprint density at radius 2 is 1.35 bits per heavy atom. The molecule has 198 valence electrons. The van der Waals surface area contributed by atoms with Gasteiger partial charge in [0, 0.05) is 17.7 Å². The standard InChI is InChI=1S/C25H16F10O2/c1-2-3-13-4-5-16(17(26)8-13)14-9-18(27)22(19(28)10-14)25(34,35)37-15-11-20(29)23(21(30)12-15)36-7-6-24(31,32)33/h4-12H,2-3H2,1H3/b7-6+. The van der Waals surface area contributed by atoms with Crippen molar-refractivity contribution in [3.05, 3.63) is 95.0 Å². The normalized spacial score (nSPS) is 12.3. The van der Waals surface area contributed by atoms with Crippen LogP contribution in [0.3, 0.4) is 0 Å². The lowest BCUT2D eigenvalue weighted by Gasteiger charge is -2.20. The fourth-order valence-corrected chi connectivity index (χ4v) is 3.33. The molecule has 2 nitrogen and oxygen atoms in total. The number of aryl methyl sites for hydroxylation is 1. The van der Waals surface area contributed by atoms with Crippen molar-refractivity contribution in [2.24, 2.45) is 0 Å². The van der Waals surface area contributed by atoms with Gasteiger partial charge in [-0.1, -0.05) is 25.5 Å². The van der Waals surface area contributed by atoms with E-state index in [9.17, 15) is 43.9 Å². The molecule has 0 aromatic heterocycles. The number of hydrogen-bond acceptors (Lipinski definition) is 2. The van der Waals surface area contributed by atoms with Crippen molar-refractivity contribution in [2.45, 2.75) is 32.1 Å². The first-order valence-electron chi connectivity index (χ1n) is 10.5. The summed E-state index contributed by atoms with van der Waals surface area (Å²) >= 11 is 0. The highest BCUT2D eigenvalue weighted by molar-refractivity contribution is 5.65. The van der Waals surface area contributed by atoms with Gasteiger partial charge in [0.2, 0.25) is 0 Å². The first-order valence-corrected chi connectivity index (χ1v) is 10.5. The van der Waals surface area contributed by atoms with Gasteiger partial charge in [0.15, 0.2) is 17.4 Å². The molecule has 0 fully saturated rings. The van der Waals surface area contributed by atoms with Crippen LogP contribution in [0.15, 0.2) is 54.8 Å². The quantitative estimate of drug-likeness (QED) is 0.211. The molecule has 0 aliphatic rings. The van der Waals surface area contributed by atoms with E-state index in [0.29, 0.717) is 30.5 Å². The van der Waals surface area contributed by atoms with Crippen molar-refractivity contribution in [1.29, 1.82) is 0 Å². The number of benzene rings is 3. The summed E-state index contributed by atoms with van der Waals surface area (Å²) < 4.78 is 145. The molecule has 0 spiro atoms. The van der Waals surface area contributed by atoms with Crippen LogP contribution in [-0.2, 0) is 12.5 Å². The molecule has 3 aromatic carbocycles. The van der Waals surface area contributed by atoms with Crippen molar-refractivity contribution < 1.29 is 53.4 Å². The highest BCUT2D eigenvalue weighted by Gasteiger charge is 2.41. The van der Waals surface area contributed by atoms with Gasteiger partial charge in [-0.2, -0.15) is 22.0 Å². The molecule has 0 aliphatic carbocycles. The largest absolute Gasteiger partial charge is 0.459 e. The fraction of sp³-hybridized carbons (Fsp3) is 0.200. The highest BCUT2D eigenvalue weighted by Crippen LogP contribution is 2.39.